The van der Waals surface area contributed by atoms with Crippen LogP contribution in [-0.4, -0.2) is 11.0 Å². The number of carbonyl (C=O) groups is 1. The number of fused-ring (bicyclic) bond motifs is 1. The van der Waals surface area contributed by atoms with Gasteiger partial charge in [0.05, 0.1) is 5.00 Å². The number of nitrogens with one attached hydrogen (secondary N) is 2. The van der Waals surface area contributed by atoms with Crippen molar-refractivity contribution >= 4 is 39.2 Å². The Labute approximate surface area is 142 Å². The maximum atomic E-state index is 11.9. The molecule has 2 heterocycles. The summed E-state index contributed by atoms with van der Waals surface area (Å²) in [6.07, 6.45) is 0. The maximum Gasteiger partial charge on any atom is 0.324 e. The molecular formula is C18H13N3O2S. The molecule has 2 N–H and O–H groups in total. The summed E-state index contributed by atoms with van der Waals surface area (Å²) in [7, 11) is 0. The van der Waals surface area contributed by atoms with E-state index in [0.717, 1.165) is 21.7 Å². The van der Waals surface area contributed by atoms with E-state index in [-0.39, 0.29) is 6.03 Å². The third kappa shape index (κ3) is 3.00. The number of amides is 2. The SMILES string of the molecule is O=C(Nc1ccc(-c2nc3ccccc3o2)cc1)Nc1cccs1. The summed E-state index contributed by atoms with van der Waals surface area (Å²) in [5, 5.41) is 8.27. The average molecular weight is 335 g/mol. The Morgan fingerprint density at radius 2 is 1.79 bits per heavy atom. The maximum absolute atomic E-state index is 11.9. The summed E-state index contributed by atoms with van der Waals surface area (Å²) < 4.78 is 5.74. The quantitative estimate of drug-likeness (QED) is 0.541. The first-order valence-electron chi connectivity index (χ1n) is 7.35. The van der Waals surface area contributed by atoms with E-state index in [2.05, 4.69) is 15.6 Å². The topological polar surface area (TPSA) is 67.2 Å². The first-order valence-corrected chi connectivity index (χ1v) is 8.23. The van der Waals surface area contributed by atoms with Crippen LogP contribution in [0.15, 0.2) is 70.5 Å². The van der Waals surface area contributed by atoms with Gasteiger partial charge in [0.1, 0.15) is 5.52 Å². The van der Waals surface area contributed by atoms with E-state index in [1.54, 1.807) is 0 Å². The summed E-state index contributed by atoms with van der Waals surface area (Å²) in [6, 6.07) is 18.5. The number of aromatic nitrogens is 1. The van der Waals surface area contributed by atoms with Gasteiger partial charge in [0.25, 0.3) is 0 Å². The van der Waals surface area contributed by atoms with Crippen molar-refractivity contribution < 1.29 is 9.21 Å². The smallest absolute Gasteiger partial charge is 0.324 e. The molecule has 0 atom stereocenters. The molecule has 24 heavy (non-hydrogen) atoms. The highest BCUT2D eigenvalue weighted by atomic mass is 32.1. The molecule has 4 rings (SSSR count). The van der Waals surface area contributed by atoms with Crippen LogP contribution in [0, 0.1) is 0 Å². The second kappa shape index (κ2) is 6.17. The summed E-state index contributed by atoms with van der Waals surface area (Å²) in [5.74, 6) is 0.561. The normalized spacial score (nSPS) is 10.7. The van der Waals surface area contributed by atoms with E-state index in [1.165, 1.54) is 11.3 Å². The van der Waals surface area contributed by atoms with E-state index in [1.807, 2.05) is 66.0 Å². The first kappa shape index (κ1) is 14.5. The van der Waals surface area contributed by atoms with E-state index < -0.39 is 0 Å². The first-order chi connectivity index (χ1) is 11.8. The molecule has 6 heteroatoms. The lowest BCUT2D eigenvalue weighted by atomic mass is 10.2. The standard InChI is InChI=1S/C18H13N3O2S/c22-18(21-16-6-3-11-24-16)19-13-9-7-12(8-10-13)17-20-14-4-1-2-5-15(14)23-17/h1-11H,(H2,19,21,22). The Morgan fingerprint density at radius 3 is 2.54 bits per heavy atom. The predicted octanol–water partition coefficient (Wildman–Crippen LogP) is 5.20. The molecule has 0 saturated carbocycles. The number of thiophene rings is 1. The van der Waals surface area contributed by atoms with Gasteiger partial charge in [0.2, 0.25) is 5.89 Å². The molecule has 0 aliphatic carbocycles. The number of carbonyl (C=O) groups excluding carboxylic acids is 1. The average Bonchev–Trinajstić information content (AvgIpc) is 3.24. The monoisotopic (exact) mass is 335 g/mol. The Balaban J connectivity index is 1.49. The van der Waals surface area contributed by atoms with Gasteiger partial charge in [0.15, 0.2) is 5.58 Å². The number of hydrogen-bond donors (Lipinski definition) is 2. The lowest BCUT2D eigenvalue weighted by Crippen LogP contribution is -2.18. The lowest BCUT2D eigenvalue weighted by Gasteiger charge is -2.06. The van der Waals surface area contributed by atoms with E-state index in [4.69, 9.17) is 4.42 Å². The molecule has 0 radical (unpaired) electrons. The molecule has 0 aliphatic heterocycles. The molecule has 4 aromatic rings. The number of rotatable bonds is 3. The molecule has 0 spiro atoms. The van der Waals surface area contributed by atoms with E-state index in [0.29, 0.717) is 11.6 Å². The third-order valence-electron chi connectivity index (χ3n) is 3.44. The van der Waals surface area contributed by atoms with Gasteiger partial charge in [-0.1, -0.05) is 12.1 Å². The molecule has 2 aromatic heterocycles. The van der Waals surface area contributed by atoms with Crippen LogP contribution < -0.4 is 10.6 Å². The zero-order chi connectivity index (χ0) is 16.4. The van der Waals surface area contributed by atoms with Crippen molar-refractivity contribution in [3.8, 4) is 11.5 Å². The number of nitrogens with zero attached hydrogens (tertiary/aromatic N) is 1. The van der Waals surface area contributed by atoms with Gasteiger partial charge < -0.3 is 9.73 Å². The summed E-state index contributed by atoms with van der Waals surface area (Å²) in [4.78, 5) is 16.4. The van der Waals surface area contributed by atoms with Gasteiger partial charge in [-0.05, 0) is 53.9 Å². The number of urea groups is 1. The molecule has 0 saturated heterocycles. The fraction of sp³-hybridized carbons (Fsp3) is 0. The molecule has 2 amide bonds. The minimum atomic E-state index is -0.271. The van der Waals surface area contributed by atoms with Crippen molar-refractivity contribution in [3.05, 3.63) is 66.0 Å². The minimum absolute atomic E-state index is 0.271. The third-order valence-corrected chi connectivity index (χ3v) is 4.23. The van der Waals surface area contributed by atoms with Crippen LogP contribution >= 0.6 is 11.3 Å². The van der Waals surface area contributed by atoms with Gasteiger partial charge in [0, 0.05) is 11.3 Å². The van der Waals surface area contributed by atoms with Gasteiger partial charge >= 0.3 is 6.03 Å². The van der Waals surface area contributed by atoms with Crippen molar-refractivity contribution in [2.24, 2.45) is 0 Å². The molecule has 0 aliphatic rings. The summed E-state index contributed by atoms with van der Waals surface area (Å²) >= 11 is 1.47. The summed E-state index contributed by atoms with van der Waals surface area (Å²) in [6.45, 7) is 0. The number of benzene rings is 2. The van der Waals surface area contributed by atoms with Crippen LogP contribution in [0.1, 0.15) is 0 Å². The van der Waals surface area contributed by atoms with Crippen molar-refractivity contribution in [2.45, 2.75) is 0 Å². The predicted molar refractivity (Wildman–Crippen MR) is 96.4 cm³/mol. The fourth-order valence-corrected chi connectivity index (χ4v) is 2.93. The molecule has 2 aromatic carbocycles. The fourth-order valence-electron chi connectivity index (χ4n) is 2.32. The molecule has 118 valence electrons. The number of anilines is 2. The van der Waals surface area contributed by atoms with Gasteiger partial charge in [-0.2, -0.15) is 0 Å². The second-order valence-corrected chi connectivity index (χ2v) is 6.07. The molecule has 5 nitrogen and oxygen atoms in total. The lowest BCUT2D eigenvalue weighted by molar-refractivity contribution is 0.262. The number of oxazole rings is 1. The van der Waals surface area contributed by atoms with Crippen LogP contribution in [0.3, 0.4) is 0 Å². The van der Waals surface area contributed by atoms with Gasteiger partial charge in [-0.25, -0.2) is 9.78 Å². The number of hydrogen-bond acceptors (Lipinski definition) is 4. The number of para-hydroxylation sites is 2. The second-order valence-electron chi connectivity index (χ2n) is 5.12. The van der Waals surface area contributed by atoms with Crippen molar-refractivity contribution in [1.82, 2.24) is 4.98 Å². The Morgan fingerprint density at radius 1 is 0.958 bits per heavy atom. The highest BCUT2D eigenvalue weighted by Gasteiger charge is 2.08. The van der Waals surface area contributed by atoms with Crippen molar-refractivity contribution in [2.75, 3.05) is 10.6 Å². The van der Waals surface area contributed by atoms with Crippen LogP contribution in [0.25, 0.3) is 22.6 Å². The van der Waals surface area contributed by atoms with Crippen LogP contribution in [-0.2, 0) is 0 Å². The van der Waals surface area contributed by atoms with Crippen molar-refractivity contribution in [3.63, 3.8) is 0 Å². The minimum Gasteiger partial charge on any atom is -0.436 e. The highest BCUT2D eigenvalue weighted by Crippen LogP contribution is 2.25. The van der Waals surface area contributed by atoms with Crippen LogP contribution in [0.4, 0.5) is 15.5 Å². The van der Waals surface area contributed by atoms with E-state index >= 15 is 0 Å². The zero-order valence-electron chi connectivity index (χ0n) is 12.5. The van der Waals surface area contributed by atoms with Gasteiger partial charge in [-0.3, -0.25) is 5.32 Å². The Bertz CT molecular complexity index is 942. The Hall–Kier alpha value is -3.12. The highest BCUT2D eigenvalue weighted by molar-refractivity contribution is 7.14. The zero-order valence-corrected chi connectivity index (χ0v) is 13.3. The van der Waals surface area contributed by atoms with Crippen molar-refractivity contribution in [1.29, 1.82) is 0 Å². The molecule has 0 unspecified atom stereocenters. The van der Waals surface area contributed by atoms with E-state index in [9.17, 15) is 4.79 Å². The molecular weight excluding hydrogens is 322 g/mol. The van der Waals surface area contributed by atoms with Gasteiger partial charge in [-0.15, -0.1) is 11.3 Å². The molecule has 0 bridgehead atoms. The van der Waals surface area contributed by atoms with Crippen LogP contribution in [0.5, 0.6) is 0 Å². The largest absolute Gasteiger partial charge is 0.436 e. The molecule has 0 fully saturated rings. The summed E-state index contributed by atoms with van der Waals surface area (Å²) in [5.41, 5.74) is 3.13. The van der Waals surface area contributed by atoms with Crippen LogP contribution in [0.2, 0.25) is 0 Å². The Kier molecular flexibility index (Phi) is 3.72.